The van der Waals surface area contributed by atoms with Crippen molar-refractivity contribution in [2.45, 2.75) is 527 Å². The van der Waals surface area contributed by atoms with E-state index in [-0.39, 0.29) is 103 Å². The molecule has 6 N–H and O–H groups in total. The lowest BCUT2D eigenvalue weighted by atomic mass is 9.47. The Balaban J connectivity index is 0.000000197. The molecule has 15 rings (SSSR count). The van der Waals surface area contributed by atoms with E-state index in [4.69, 9.17) is 28.8 Å². The molecule has 4 amide bonds. The lowest BCUT2D eigenvalue weighted by Gasteiger charge is -2.58. The van der Waals surface area contributed by atoms with Gasteiger partial charge in [0.2, 0.25) is 5.91 Å². The fourth-order valence-corrected chi connectivity index (χ4v) is 35.1. The first-order chi connectivity index (χ1) is 71.1. The van der Waals surface area contributed by atoms with Gasteiger partial charge in [0.25, 0.3) is 0 Å². The lowest BCUT2D eigenvalue weighted by Crippen LogP contribution is -2.51. The molecule has 3 heterocycles. The number of aliphatic carboxylic acids is 1. The van der Waals surface area contributed by atoms with Crippen molar-refractivity contribution in [2.75, 3.05) is 66.0 Å². The number of fused-ring (bicyclic) bond motifs is 15. The van der Waals surface area contributed by atoms with Crippen molar-refractivity contribution in [2.24, 2.45) is 139 Å². The maximum atomic E-state index is 12.8. The van der Waals surface area contributed by atoms with Crippen LogP contribution in [0, 0.1) is 139 Å². The van der Waals surface area contributed by atoms with Gasteiger partial charge in [-0.3, -0.25) is 33.9 Å². The van der Waals surface area contributed by atoms with Gasteiger partial charge in [-0.1, -0.05) is 249 Å². The first kappa shape index (κ1) is 122. The molecule has 3 aliphatic heterocycles. The van der Waals surface area contributed by atoms with Crippen molar-refractivity contribution in [3.05, 3.63) is 34.9 Å². The number of alkyl carbamates (subject to hydrolysis) is 3. The van der Waals surface area contributed by atoms with E-state index in [0.717, 1.165) is 281 Å². The van der Waals surface area contributed by atoms with Gasteiger partial charge < -0.3 is 55.2 Å². The zero-order valence-electron chi connectivity index (χ0n) is 98.6. The van der Waals surface area contributed by atoms with Gasteiger partial charge in [-0.25, -0.2) is 14.4 Å². The van der Waals surface area contributed by atoms with E-state index >= 15 is 0 Å². The number of unbranched alkanes of at least 4 members (excludes halogenated alkanes) is 9. The van der Waals surface area contributed by atoms with Gasteiger partial charge in [0.1, 0.15) is 30.5 Å². The fourth-order valence-electron chi connectivity index (χ4n) is 35.1. The number of allylic oxidation sites excluding steroid dienone is 3. The molecule has 0 spiro atoms. The van der Waals surface area contributed by atoms with Crippen LogP contribution in [0.3, 0.4) is 0 Å². The standard InChI is InChI=1S/C44H75N3O5.C43H72N2O6.C39H68N2O3.C2H6/c1-30(2)13-12-14-31(3)37-17-18-38-36-16-15-33-28-34(21-23-43(33,5)39(36)22-24-44(37,38)6)52-42(50)46-25-10-8-9-11-26-47-29-35(27-32(47)4)51-41(49)20-19-40(48)45-7;1-29(2)12-11-13-30(3)36-16-17-37-35-15-14-32-27-33(20-22-42(32,5)38(35)21-23-43(36,37)6)51-41(49)44-24-9-7-8-10-25-45-28-34(26-31(45)4)50-40(48)19-18-39(46)47;1-27(2)12-11-13-28(3)34-16-17-35-33-15-14-30-25-32(18-20-38(30,5)36(33)19-21-39(34,35)6)44-37(43)40-22-9-7-8-10-23-41-26-31(42)24-29(41)4;1-2/h15,30-32,34-39H,8-14,16-29H2,1-7H3,(H,45,48)(H,46,50);14,29-31,33-38H,7-13,15-28H2,1-6H3,(H,44,49)(H,46,47);14,27-29,31-36,42H,7-13,15-26H2,1-6H3,(H,40,43);1-2H3/t31-,32-,34+,35-,36?,37-,38?,39?,43+,44-;30-,31-,33+,34-,35?,36-,37?,38?,42+,43-;28-,29-,31-,32+,33?,34-,35?,36?,38+,39-;/m111./s1. The first-order valence-corrected chi connectivity index (χ1v) is 62.8. The predicted molar refractivity (Wildman–Crippen MR) is 604 cm³/mol. The Hall–Kier alpha value is -5.25. The number of nitrogens with one attached hydrogen (secondary N) is 4. The quantitative estimate of drug-likeness (QED) is 0.0143. The van der Waals surface area contributed by atoms with Crippen LogP contribution in [0.25, 0.3) is 0 Å². The van der Waals surface area contributed by atoms with Crippen molar-refractivity contribution in [1.29, 1.82) is 0 Å². The van der Waals surface area contributed by atoms with Crippen LogP contribution in [-0.4, -0.2) is 188 Å². The Labute approximate surface area is 907 Å². The summed E-state index contributed by atoms with van der Waals surface area (Å²) in [5.41, 5.74) is 7.15. The molecule has 0 bridgehead atoms. The van der Waals surface area contributed by atoms with Crippen LogP contribution < -0.4 is 21.3 Å². The Morgan fingerprint density at radius 3 is 0.966 bits per heavy atom. The number of carbonyl (C=O) groups is 7. The van der Waals surface area contributed by atoms with Crippen molar-refractivity contribution in [1.82, 2.24) is 36.0 Å². The largest absolute Gasteiger partial charge is 0.481 e. The summed E-state index contributed by atoms with van der Waals surface area (Å²) in [5, 5.41) is 30.2. The second-order valence-corrected chi connectivity index (χ2v) is 54.4. The highest BCUT2D eigenvalue weighted by Gasteiger charge is 2.64. The number of β-amino-alcohol motifs (C(OH)–C–C–N with tert-alkyl or cyclic N) is 1. The third kappa shape index (κ3) is 32.1. The second kappa shape index (κ2) is 57.3. The van der Waals surface area contributed by atoms with Gasteiger partial charge in [-0.05, 0) is 359 Å². The molecule has 30 atom stereocenters. The van der Waals surface area contributed by atoms with Gasteiger partial charge >= 0.3 is 36.2 Å². The third-order valence-corrected chi connectivity index (χ3v) is 43.5. The summed E-state index contributed by atoms with van der Waals surface area (Å²) in [6.07, 6.45) is 64.5. The minimum Gasteiger partial charge on any atom is -0.481 e. The van der Waals surface area contributed by atoms with Gasteiger partial charge in [0, 0.05) is 103 Å². The molecule has 21 nitrogen and oxygen atoms in total. The zero-order chi connectivity index (χ0) is 108. The molecule has 0 aromatic rings. The molecule has 149 heavy (non-hydrogen) atoms. The van der Waals surface area contributed by atoms with E-state index in [9.17, 15) is 38.7 Å². The number of nitrogens with zero attached hydrogens (tertiary/aromatic N) is 3. The van der Waals surface area contributed by atoms with Crippen LogP contribution in [-0.2, 0) is 42.9 Å². The molecular weight excluding hydrogens is 1860 g/mol. The summed E-state index contributed by atoms with van der Waals surface area (Å²) in [6, 6.07) is 1.23. The van der Waals surface area contributed by atoms with E-state index < -0.39 is 11.9 Å². The second-order valence-electron chi connectivity index (χ2n) is 54.4. The number of carboxylic acid groups (broad SMARTS) is 1. The summed E-state index contributed by atoms with van der Waals surface area (Å²) in [5.74, 6) is 13.4. The normalized spacial score (nSPS) is 35.9. The van der Waals surface area contributed by atoms with Crippen LogP contribution >= 0.6 is 0 Å². The summed E-state index contributed by atoms with van der Waals surface area (Å²) in [4.78, 5) is 91.5. The van der Waals surface area contributed by atoms with Crippen LogP contribution in [0.15, 0.2) is 34.9 Å². The Bertz CT molecular complexity index is 4260. The Morgan fingerprint density at radius 1 is 0.356 bits per heavy atom. The number of amides is 4. The third-order valence-electron chi connectivity index (χ3n) is 43.5. The maximum absolute atomic E-state index is 12.8. The highest BCUT2D eigenvalue weighted by molar-refractivity contribution is 5.81. The van der Waals surface area contributed by atoms with E-state index in [0.29, 0.717) is 66.0 Å². The number of hydrogen-bond acceptors (Lipinski definition) is 16. The number of ether oxygens (including phenoxy) is 5. The Morgan fingerprint density at radius 2 is 0.664 bits per heavy atom. The predicted octanol–water partition coefficient (Wildman–Crippen LogP) is 28.9. The van der Waals surface area contributed by atoms with Crippen molar-refractivity contribution >= 4 is 42.1 Å². The molecule has 12 aliphatic carbocycles. The van der Waals surface area contributed by atoms with Gasteiger partial charge in [0.05, 0.1) is 25.4 Å². The molecule has 15 aliphatic rings. The zero-order valence-corrected chi connectivity index (χ0v) is 98.6. The van der Waals surface area contributed by atoms with Gasteiger partial charge in [0.15, 0.2) is 0 Å². The molecule has 9 unspecified atom stereocenters. The average Bonchev–Trinajstić information content (AvgIpc) is 1.61. The lowest BCUT2D eigenvalue weighted by molar-refractivity contribution is -0.151. The summed E-state index contributed by atoms with van der Waals surface area (Å²) >= 11 is 0. The number of carbonyl (C=O) groups excluding carboxylic acids is 6. The monoisotopic (exact) mass is 2080 g/mol. The number of aliphatic hydroxyl groups excluding tert-OH is 1. The SMILES string of the molecule is CC.CC(C)CCC[C@@H](C)[C@H]1CCC2C3CC=C4C[C@@H](OC(=O)NCCCCCCN5C[C@H](O)C[C@H]5C)CC[C@]4(C)C3CC[C@@]21C.CC(C)CCC[C@@H](C)[C@H]1CCC2C3CC=C4C[C@@H](OC(=O)NCCCCCCN5C[C@H](OC(=O)CCC(=O)O)C[C@H]5C)CC[C@]4(C)C3CC[C@@]21C.CNC(=O)CCC(=O)O[C@@H]1C[C@@H](C)N(CCCCCCNC(=O)O[C@H]2CC[C@@]3(C)C(=CCC4C3CC[C@@]3(C)C4CC[C@@H]3[C@H](C)CCCC(C)C)C2)C1. The number of carboxylic acids is 1. The van der Waals surface area contributed by atoms with Crippen LogP contribution in [0.4, 0.5) is 14.4 Å². The molecule has 0 aromatic heterocycles. The number of aliphatic hydroxyl groups is 1. The van der Waals surface area contributed by atoms with Crippen molar-refractivity contribution < 1.29 is 67.5 Å². The molecule has 852 valence electrons. The van der Waals surface area contributed by atoms with E-state index in [1.807, 2.05) is 13.8 Å². The number of likely N-dealkylation sites (tertiary alicyclic amines) is 3. The summed E-state index contributed by atoms with van der Waals surface area (Å²) in [6.45, 7) is 55.5. The first-order valence-electron chi connectivity index (χ1n) is 62.8. The van der Waals surface area contributed by atoms with Crippen LogP contribution in [0.5, 0.6) is 0 Å². The van der Waals surface area contributed by atoms with Crippen molar-refractivity contribution in [3.8, 4) is 0 Å². The van der Waals surface area contributed by atoms with Gasteiger partial charge in [-0.15, -0.1) is 0 Å². The molecular formula is C128H221N7O14. The molecule has 9 saturated carbocycles. The van der Waals surface area contributed by atoms with E-state index in [1.54, 1.807) is 23.8 Å². The summed E-state index contributed by atoms with van der Waals surface area (Å²) in [7, 11) is 1.57. The Kier molecular flexibility index (Phi) is 47.0. The van der Waals surface area contributed by atoms with Crippen LogP contribution in [0.1, 0.15) is 472 Å². The van der Waals surface area contributed by atoms with E-state index in [1.165, 1.54) is 167 Å². The highest BCUT2D eigenvalue weighted by Crippen LogP contribution is 2.72. The topological polar surface area (TPSA) is 264 Å². The van der Waals surface area contributed by atoms with Crippen molar-refractivity contribution in [3.63, 3.8) is 0 Å². The molecule has 21 heteroatoms. The van der Waals surface area contributed by atoms with Gasteiger partial charge in [-0.2, -0.15) is 0 Å². The number of hydrogen-bond donors (Lipinski definition) is 6. The average molecular weight is 2080 g/mol. The number of rotatable bonds is 47. The minimum absolute atomic E-state index is 0.00586. The molecule has 0 radical (unpaired) electrons. The molecule has 0 aromatic carbocycles. The maximum Gasteiger partial charge on any atom is 0.407 e. The van der Waals surface area contributed by atoms with Crippen LogP contribution in [0.2, 0.25) is 0 Å². The molecule has 3 saturated heterocycles. The fraction of sp³-hybridized carbons (Fsp3) is 0.898. The minimum atomic E-state index is -0.979. The smallest absolute Gasteiger partial charge is 0.407 e. The number of esters is 2. The highest BCUT2D eigenvalue weighted by atomic mass is 16.6. The summed E-state index contributed by atoms with van der Waals surface area (Å²) < 4.78 is 29.1. The molecule has 12 fully saturated rings. The van der Waals surface area contributed by atoms with E-state index in [2.05, 4.69) is 179 Å².